The molecule has 2 aromatic carbocycles. The molecular weight excluding hydrogens is 398 g/mol. The maximum atomic E-state index is 13.1. The summed E-state index contributed by atoms with van der Waals surface area (Å²) in [4.78, 5) is 25.1. The summed E-state index contributed by atoms with van der Waals surface area (Å²) in [5.41, 5.74) is 2.92. The SMILES string of the molecule is C=CCNC(=O)NC1CCC(CNC(=O)c2ccccc2C(C)C)(c2ccccc2)CC1. The van der Waals surface area contributed by atoms with Gasteiger partial charge in [-0.1, -0.05) is 68.5 Å². The summed E-state index contributed by atoms with van der Waals surface area (Å²) < 4.78 is 0. The fourth-order valence-corrected chi connectivity index (χ4v) is 4.63. The normalized spacial score (nSPS) is 20.4. The molecule has 0 saturated heterocycles. The van der Waals surface area contributed by atoms with E-state index in [4.69, 9.17) is 0 Å². The average molecular weight is 434 g/mol. The van der Waals surface area contributed by atoms with Gasteiger partial charge in [-0.3, -0.25) is 4.79 Å². The first-order valence-corrected chi connectivity index (χ1v) is 11.5. The minimum absolute atomic E-state index is 0.0198. The molecule has 0 atom stereocenters. The van der Waals surface area contributed by atoms with Gasteiger partial charge in [0.2, 0.25) is 0 Å². The monoisotopic (exact) mass is 433 g/mol. The van der Waals surface area contributed by atoms with Crippen molar-refractivity contribution in [2.75, 3.05) is 13.1 Å². The van der Waals surface area contributed by atoms with Crippen molar-refractivity contribution in [1.82, 2.24) is 16.0 Å². The fourth-order valence-electron chi connectivity index (χ4n) is 4.63. The number of carbonyl (C=O) groups is 2. The highest BCUT2D eigenvalue weighted by atomic mass is 16.2. The molecule has 5 nitrogen and oxygen atoms in total. The van der Waals surface area contributed by atoms with Crippen LogP contribution in [0.5, 0.6) is 0 Å². The van der Waals surface area contributed by atoms with Crippen LogP contribution in [-0.4, -0.2) is 31.1 Å². The molecule has 32 heavy (non-hydrogen) atoms. The molecule has 1 aliphatic carbocycles. The number of rotatable bonds is 8. The lowest BCUT2D eigenvalue weighted by Gasteiger charge is -2.41. The first kappa shape index (κ1) is 23.6. The van der Waals surface area contributed by atoms with Crippen molar-refractivity contribution in [3.8, 4) is 0 Å². The standard InChI is InChI=1S/C27H35N3O2/c1-4-18-28-26(32)30-22-14-16-27(17-15-22,21-10-6-5-7-11-21)19-29-25(31)24-13-9-8-12-23(24)20(2)3/h4-13,20,22H,1,14-19H2,2-3H3,(H,29,31)(H2,28,30,32). The number of hydrogen-bond donors (Lipinski definition) is 3. The minimum atomic E-state index is -0.152. The number of amides is 3. The molecule has 1 saturated carbocycles. The highest BCUT2D eigenvalue weighted by molar-refractivity contribution is 5.95. The lowest BCUT2D eigenvalue weighted by atomic mass is 9.68. The Kier molecular flexibility index (Phi) is 8.09. The zero-order chi connectivity index (χ0) is 23.0. The quantitative estimate of drug-likeness (QED) is 0.518. The third-order valence-corrected chi connectivity index (χ3v) is 6.49. The summed E-state index contributed by atoms with van der Waals surface area (Å²) in [6.07, 6.45) is 5.20. The second kappa shape index (κ2) is 11.0. The zero-order valence-electron chi connectivity index (χ0n) is 19.2. The molecule has 0 spiro atoms. The molecule has 1 fully saturated rings. The van der Waals surface area contributed by atoms with Gasteiger partial charge in [0.25, 0.3) is 5.91 Å². The van der Waals surface area contributed by atoms with Crippen LogP contribution in [-0.2, 0) is 5.41 Å². The van der Waals surface area contributed by atoms with Crippen LogP contribution in [0, 0.1) is 0 Å². The van der Waals surface area contributed by atoms with E-state index in [1.54, 1.807) is 6.08 Å². The minimum Gasteiger partial charge on any atom is -0.351 e. The van der Waals surface area contributed by atoms with Crippen molar-refractivity contribution < 1.29 is 9.59 Å². The molecule has 0 bridgehead atoms. The van der Waals surface area contributed by atoms with E-state index >= 15 is 0 Å². The summed E-state index contributed by atoms with van der Waals surface area (Å²) >= 11 is 0. The van der Waals surface area contributed by atoms with Crippen LogP contribution in [0.1, 0.15) is 66.9 Å². The molecule has 3 amide bonds. The van der Waals surface area contributed by atoms with Gasteiger partial charge < -0.3 is 16.0 Å². The second-order valence-corrected chi connectivity index (χ2v) is 8.99. The van der Waals surface area contributed by atoms with Gasteiger partial charge in [-0.15, -0.1) is 6.58 Å². The van der Waals surface area contributed by atoms with Crippen LogP contribution < -0.4 is 16.0 Å². The Labute approximate surface area is 191 Å². The van der Waals surface area contributed by atoms with Crippen LogP contribution in [0.25, 0.3) is 0 Å². The summed E-state index contributed by atoms with van der Waals surface area (Å²) in [7, 11) is 0. The smallest absolute Gasteiger partial charge is 0.315 e. The van der Waals surface area contributed by atoms with Gasteiger partial charge in [-0.2, -0.15) is 0 Å². The van der Waals surface area contributed by atoms with Crippen LogP contribution in [0.15, 0.2) is 67.3 Å². The van der Waals surface area contributed by atoms with Gasteiger partial charge in [0.1, 0.15) is 0 Å². The summed E-state index contributed by atoms with van der Waals surface area (Å²) in [6.45, 7) is 8.88. The van der Waals surface area contributed by atoms with E-state index < -0.39 is 0 Å². The maximum Gasteiger partial charge on any atom is 0.315 e. The molecule has 0 aliphatic heterocycles. The zero-order valence-corrected chi connectivity index (χ0v) is 19.2. The van der Waals surface area contributed by atoms with Gasteiger partial charge in [0.05, 0.1) is 0 Å². The third-order valence-electron chi connectivity index (χ3n) is 6.49. The molecule has 0 radical (unpaired) electrons. The number of urea groups is 1. The van der Waals surface area contributed by atoms with E-state index in [-0.39, 0.29) is 29.3 Å². The summed E-state index contributed by atoms with van der Waals surface area (Å²) in [5.74, 6) is 0.266. The number of hydrogen-bond acceptors (Lipinski definition) is 2. The van der Waals surface area contributed by atoms with Crippen molar-refractivity contribution in [1.29, 1.82) is 0 Å². The van der Waals surface area contributed by atoms with Crippen LogP contribution in [0.3, 0.4) is 0 Å². The second-order valence-electron chi connectivity index (χ2n) is 8.99. The van der Waals surface area contributed by atoms with Gasteiger partial charge >= 0.3 is 6.03 Å². The Morgan fingerprint density at radius 3 is 2.34 bits per heavy atom. The fraction of sp³-hybridized carbons (Fsp3) is 0.407. The van der Waals surface area contributed by atoms with E-state index in [0.29, 0.717) is 13.1 Å². The van der Waals surface area contributed by atoms with Crippen molar-refractivity contribution in [3.63, 3.8) is 0 Å². The predicted molar refractivity (Wildman–Crippen MR) is 130 cm³/mol. The Morgan fingerprint density at radius 2 is 1.69 bits per heavy atom. The van der Waals surface area contributed by atoms with E-state index in [1.165, 1.54) is 5.56 Å². The van der Waals surface area contributed by atoms with Gasteiger partial charge in [0, 0.05) is 30.1 Å². The molecule has 3 rings (SSSR count). The summed E-state index contributed by atoms with van der Waals surface area (Å²) in [6, 6.07) is 18.3. The molecular formula is C27H35N3O2. The molecule has 1 aliphatic rings. The first-order chi connectivity index (χ1) is 15.4. The molecule has 170 valence electrons. The third kappa shape index (κ3) is 5.78. The molecule has 3 N–H and O–H groups in total. The lowest BCUT2D eigenvalue weighted by molar-refractivity contribution is 0.0933. The molecule has 2 aromatic rings. The van der Waals surface area contributed by atoms with Gasteiger partial charge in [-0.25, -0.2) is 4.79 Å². The van der Waals surface area contributed by atoms with Crippen molar-refractivity contribution >= 4 is 11.9 Å². The van der Waals surface area contributed by atoms with Crippen molar-refractivity contribution in [2.45, 2.75) is 56.9 Å². The highest BCUT2D eigenvalue weighted by Gasteiger charge is 2.37. The highest BCUT2D eigenvalue weighted by Crippen LogP contribution is 2.39. The van der Waals surface area contributed by atoms with E-state index in [9.17, 15) is 9.59 Å². The molecule has 5 heteroatoms. The summed E-state index contributed by atoms with van der Waals surface area (Å²) in [5, 5.41) is 9.08. The molecule has 0 aromatic heterocycles. The Balaban J connectivity index is 1.71. The lowest BCUT2D eigenvalue weighted by Crippen LogP contribution is -2.49. The van der Waals surface area contributed by atoms with Crippen molar-refractivity contribution in [2.24, 2.45) is 0 Å². The molecule has 0 heterocycles. The Bertz CT molecular complexity index is 916. The van der Waals surface area contributed by atoms with Gasteiger partial charge in [0.15, 0.2) is 0 Å². The largest absolute Gasteiger partial charge is 0.351 e. The first-order valence-electron chi connectivity index (χ1n) is 11.5. The van der Waals surface area contributed by atoms with Crippen molar-refractivity contribution in [3.05, 3.63) is 83.9 Å². The number of benzene rings is 2. The predicted octanol–water partition coefficient (Wildman–Crippen LogP) is 4.91. The van der Waals surface area contributed by atoms with Crippen LogP contribution in [0.4, 0.5) is 4.79 Å². The van der Waals surface area contributed by atoms with E-state index in [1.807, 2.05) is 30.3 Å². The van der Waals surface area contributed by atoms with E-state index in [2.05, 4.69) is 60.6 Å². The number of carbonyl (C=O) groups excluding carboxylic acids is 2. The Morgan fingerprint density at radius 1 is 1.03 bits per heavy atom. The maximum absolute atomic E-state index is 13.1. The Hall–Kier alpha value is -3.08. The van der Waals surface area contributed by atoms with E-state index in [0.717, 1.165) is 36.8 Å². The van der Waals surface area contributed by atoms with Crippen LogP contribution in [0.2, 0.25) is 0 Å². The number of nitrogens with one attached hydrogen (secondary N) is 3. The van der Waals surface area contributed by atoms with Gasteiger partial charge in [-0.05, 0) is 48.8 Å². The van der Waals surface area contributed by atoms with Crippen LogP contribution >= 0.6 is 0 Å². The average Bonchev–Trinajstić information content (AvgIpc) is 2.82. The topological polar surface area (TPSA) is 70.2 Å². The molecule has 0 unspecified atom stereocenters.